The smallest absolute Gasteiger partial charge is 0.160 e. The van der Waals surface area contributed by atoms with Crippen LogP contribution in [-0.2, 0) is 0 Å². The van der Waals surface area contributed by atoms with Gasteiger partial charge in [-0.2, -0.15) is 0 Å². The van der Waals surface area contributed by atoms with Gasteiger partial charge in [0.2, 0.25) is 0 Å². The molecule has 0 aliphatic rings. The zero-order chi connectivity index (χ0) is 13.2. The third-order valence-corrected chi connectivity index (χ3v) is 4.42. The first-order chi connectivity index (χ1) is 9.28. The highest BCUT2D eigenvalue weighted by Crippen LogP contribution is 2.36. The van der Waals surface area contributed by atoms with Gasteiger partial charge < -0.3 is 4.74 Å². The molecular weight excluding hydrogens is 324 g/mol. The van der Waals surface area contributed by atoms with E-state index >= 15 is 0 Å². The fourth-order valence-corrected chi connectivity index (χ4v) is 3.05. The van der Waals surface area contributed by atoms with Crippen molar-refractivity contribution in [3.05, 3.63) is 57.2 Å². The third kappa shape index (κ3) is 2.41. The number of hydrogen-bond donors (Lipinski definition) is 0. The minimum atomic E-state index is 0.659. The molecule has 0 spiro atoms. The molecule has 0 radical (unpaired) electrons. The lowest BCUT2D eigenvalue weighted by molar-refractivity contribution is 0.112. The summed E-state index contributed by atoms with van der Waals surface area (Å²) < 4.78 is 6.73. The molecule has 0 atom stereocenters. The number of benzene rings is 2. The zero-order valence-corrected chi connectivity index (χ0v) is 12.2. The van der Waals surface area contributed by atoms with Crippen LogP contribution in [0.1, 0.15) is 9.67 Å². The van der Waals surface area contributed by atoms with Gasteiger partial charge in [0.05, 0.1) is 9.35 Å². The number of ether oxygens (including phenoxy) is 1. The quantitative estimate of drug-likeness (QED) is 0.611. The molecule has 0 bridgehead atoms. The average molecular weight is 333 g/mol. The van der Waals surface area contributed by atoms with E-state index in [4.69, 9.17) is 4.74 Å². The molecule has 0 N–H and O–H groups in total. The Hall–Kier alpha value is -1.65. The Labute approximate surface area is 122 Å². The van der Waals surface area contributed by atoms with E-state index in [1.807, 2.05) is 35.7 Å². The highest BCUT2D eigenvalue weighted by molar-refractivity contribution is 9.10. The normalized spacial score (nSPS) is 10.6. The van der Waals surface area contributed by atoms with Crippen molar-refractivity contribution in [2.45, 2.75) is 0 Å². The van der Waals surface area contributed by atoms with Crippen LogP contribution in [0, 0.1) is 0 Å². The van der Waals surface area contributed by atoms with Crippen LogP contribution in [0.4, 0.5) is 0 Å². The number of rotatable bonds is 3. The van der Waals surface area contributed by atoms with Crippen molar-refractivity contribution in [2.75, 3.05) is 0 Å². The standard InChI is InChI=1S/C15H9BrO2S/c16-15-13-4-2-1-3-10(13)5-6-14(15)18-11-7-12(8-17)19-9-11/h1-9H. The Kier molecular flexibility index (Phi) is 3.36. The lowest BCUT2D eigenvalue weighted by atomic mass is 10.1. The Morgan fingerprint density at radius 2 is 2.00 bits per heavy atom. The van der Waals surface area contributed by atoms with Crippen molar-refractivity contribution >= 4 is 44.3 Å². The van der Waals surface area contributed by atoms with Gasteiger partial charge in [-0.15, -0.1) is 11.3 Å². The fraction of sp³-hybridized carbons (Fsp3) is 0. The first-order valence-corrected chi connectivity index (χ1v) is 7.34. The monoisotopic (exact) mass is 332 g/mol. The van der Waals surface area contributed by atoms with Crippen LogP contribution in [0.2, 0.25) is 0 Å². The number of carbonyl (C=O) groups excluding carboxylic acids is 1. The molecular formula is C15H9BrO2S. The first kappa shape index (κ1) is 12.4. The summed E-state index contributed by atoms with van der Waals surface area (Å²) in [5, 5.41) is 4.08. The second-order valence-electron chi connectivity index (χ2n) is 4.00. The number of aldehydes is 1. The minimum absolute atomic E-state index is 0.659. The van der Waals surface area contributed by atoms with Crippen molar-refractivity contribution < 1.29 is 9.53 Å². The number of fused-ring (bicyclic) bond motifs is 1. The molecule has 0 fully saturated rings. The molecule has 3 rings (SSSR count). The Morgan fingerprint density at radius 1 is 1.16 bits per heavy atom. The summed E-state index contributed by atoms with van der Waals surface area (Å²) >= 11 is 4.94. The third-order valence-electron chi connectivity index (χ3n) is 2.77. The van der Waals surface area contributed by atoms with Gasteiger partial charge in [0.15, 0.2) is 6.29 Å². The van der Waals surface area contributed by atoms with Crippen molar-refractivity contribution in [1.29, 1.82) is 0 Å². The molecule has 0 saturated carbocycles. The van der Waals surface area contributed by atoms with Crippen molar-refractivity contribution in [1.82, 2.24) is 0 Å². The van der Waals surface area contributed by atoms with E-state index in [0.717, 1.165) is 27.3 Å². The summed E-state index contributed by atoms with van der Waals surface area (Å²) in [5.41, 5.74) is 0. The van der Waals surface area contributed by atoms with Gasteiger partial charge in [-0.25, -0.2) is 0 Å². The molecule has 4 heteroatoms. The van der Waals surface area contributed by atoms with Crippen molar-refractivity contribution in [2.24, 2.45) is 0 Å². The topological polar surface area (TPSA) is 26.3 Å². The molecule has 2 nitrogen and oxygen atoms in total. The molecule has 1 heterocycles. The summed E-state index contributed by atoms with van der Waals surface area (Å²) in [4.78, 5) is 11.3. The second kappa shape index (κ2) is 5.15. The van der Waals surface area contributed by atoms with E-state index in [1.54, 1.807) is 6.07 Å². The molecule has 0 unspecified atom stereocenters. The Bertz CT molecular complexity index is 749. The number of hydrogen-bond acceptors (Lipinski definition) is 3. The molecule has 0 aliphatic carbocycles. The molecule has 0 saturated heterocycles. The van der Waals surface area contributed by atoms with Crippen LogP contribution in [0.5, 0.6) is 11.5 Å². The van der Waals surface area contributed by atoms with Crippen LogP contribution in [0.25, 0.3) is 10.8 Å². The zero-order valence-electron chi connectivity index (χ0n) is 9.80. The van der Waals surface area contributed by atoms with Gasteiger partial charge >= 0.3 is 0 Å². The summed E-state index contributed by atoms with van der Waals surface area (Å²) in [6.45, 7) is 0. The predicted molar refractivity (Wildman–Crippen MR) is 81.4 cm³/mol. The van der Waals surface area contributed by atoms with Crippen molar-refractivity contribution in [3.63, 3.8) is 0 Å². The summed E-state index contributed by atoms with van der Waals surface area (Å²) in [6, 6.07) is 13.8. The van der Waals surface area contributed by atoms with Gasteiger partial charge in [-0.1, -0.05) is 30.3 Å². The van der Waals surface area contributed by atoms with Crippen LogP contribution in [-0.4, -0.2) is 6.29 Å². The maximum atomic E-state index is 10.7. The maximum absolute atomic E-state index is 10.7. The number of carbonyl (C=O) groups is 1. The van der Waals surface area contributed by atoms with E-state index < -0.39 is 0 Å². The second-order valence-corrected chi connectivity index (χ2v) is 5.74. The largest absolute Gasteiger partial charge is 0.455 e. The van der Waals surface area contributed by atoms with Crippen molar-refractivity contribution in [3.8, 4) is 11.5 Å². The number of halogens is 1. The molecule has 0 aliphatic heterocycles. The van der Waals surface area contributed by atoms with Crippen LogP contribution in [0.3, 0.4) is 0 Å². The van der Waals surface area contributed by atoms with Gasteiger partial charge in [-0.05, 0) is 32.8 Å². The Morgan fingerprint density at radius 3 is 2.79 bits per heavy atom. The first-order valence-electron chi connectivity index (χ1n) is 5.67. The van der Waals surface area contributed by atoms with E-state index in [0.29, 0.717) is 10.6 Å². The highest BCUT2D eigenvalue weighted by Gasteiger charge is 2.08. The summed E-state index contributed by atoms with van der Waals surface area (Å²) in [5.74, 6) is 1.43. The predicted octanol–water partition coefficient (Wildman–Crippen LogP) is 5.27. The summed E-state index contributed by atoms with van der Waals surface area (Å²) in [7, 11) is 0. The van der Waals surface area contributed by atoms with Gasteiger partial charge in [0.1, 0.15) is 11.5 Å². The molecule has 3 aromatic rings. The SMILES string of the molecule is O=Cc1cc(Oc2ccc3ccccc3c2Br)cs1. The van der Waals surface area contributed by atoms with Crippen LogP contribution < -0.4 is 4.74 Å². The van der Waals surface area contributed by atoms with Crippen LogP contribution in [0.15, 0.2) is 52.3 Å². The minimum Gasteiger partial charge on any atom is -0.455 e. The highest BCUT2D eigenvalue weighted by atomic mass is 79.9. The molecule has 1 aromatic heterocycles. The molecule has 19 heavy (non-hydrogen) atoms. The summed E-state index contributed by atoms with van der Waals surface area (Å²) in [6.07, 6.45) is 0.826. The lowest BCUT2D eigenvalue weighted by Gasteiger charge is -2.08. The molecule has 2 aromatic carbocycles. The number of thiophene rings is 1. The van der Waals surface area contributed by atoms with E-state index in [2.05, 4.69) is 22.0 Å². The Balaban J connectivity index is 2.01. The lowest BCUT2D eigenvalue weighted by Crippen LogP contribution is -1.85. The van der Waals surface area contributed by atoms with Gasteiger partial charge in [0.25, 0.3) is 0 Å². The molecule has 94 valence electrons. The van der Waals surface area contributed by atoms with Crippen LogP contribution >= 0.6 is 27.3 Å². The van der Waals surface area contributed by atoms with E-state index in [1.165, 1.54) is 11.3 Å². The van der Waals surface area contributed by atoms with E-state index in [9.17, 15) is 4.79 Å². The van der Waals surface area contributed by atoms with E-state index in [-0.39, 0.29) is 0 Å². The maximum Gasteiger partial charge on any atom is 0.160 e. The van der Waals surface area contributed by atoms with Gasteiger partial charge in [-0.3, -0.25) is 4.79 Å². The average Bonchev–Trinajstić information content (AvgIpc) is 2.90. The molecule has 0 amide bonds. The van der Waals surface area contributed by atoms with Gasteiger partial charge in [0, 0.05) is 11.4 Å². The fourth-order valence-electron chi connectivity index (χ4n) is 1.87.